The molecule has 0 amide bonds. The number of benzene rings is 3. The van der Waals surface area contributed by atoms with Crippen LogP contribution in [0.15, 0.2) is 66.7 Å². The van der Waals surface area contributed by atoms with Gasteiger partial charge in [0.1, 0.15) is 11.5 Å². The van der Waals surface area contributed by atoms with Crippen LogP contribution >= 0.6 is 0 Å². The van der Waals surface area contributed by atoms with Gasteiger partial charge in [-0.25, -0.2) is 4.79 Å². The standard InChI is InChI=1S/C25H21NO8/c1-31-19-10-11-20(23(15-19)32-2)21(27)12-4-16-5-13-22(24(14-16)33-3)34-25(28)17-6-8-18(9-7-17)26(29)30/h4-15H,1-3H3/b12-4+. The van der Waals surface area contributed by atoms with Crippen molar-refractivity contribution in [2.24, 2.45) is 0 Å². The van der Waals surface area contributed by atoms with Crippen molar-refractivity contribution >= 4 is 23.5 Å². The van der Waals surface area contributed by atoms with Crippen molar-refractivity contribution in [3.8, 4) is 23.0 Å². The number of non-ortho nitro benzene ring substituents is 1. The van der Waals surface area contributed by atoms with Crippen molar-refractivity contribution in [1.82, 2.24) is 0 Å². The fraction of sp³-hybridized carbons (Fsp3) is 0.120. The van der Waals surface area contributed by atoms with Gasteiger partial charge in [0, 0.05) is 18.2 Å². The first kappa shape index (κ1) is 24.0. The molecule has 0 bridgehead atoms. The Hall–Kier alpha value is -4.66. The molecule has 34 heavy (non-hydrogen) atoms. The number of hydrogen-bond acceptors (Lipinski definition) is 8. The van der Waals surface area contributed by atoms with E-state index in [1.807, 2.05) is 0 Å². The van der Waals surface area contributed by atoms with Crippen LogP contribution in [0.2, 0.25) is 0 Å². The van der Waals surface area contributed by atoms with Crippen LogP contribution < -0.4 is 18.9 Å². The van der Waals surface area contributed by atoms with Gasteiger partial charge in [-0.1, -0.05) is 12.1 Å². The van der Waals surface area contributed by atoms with Gasteiger partial charge in [-0.15, -0.1) is 0 Å². The van der Waals surface area contributed by atoms with E-state index >= 15 is 0 Å². The van der Waals surface area contributed by atoms with Gasteiger partial charge in [0.05, 0.1) is 37.4 Å². The number of hydrogen-bond donors (Lipinski definition) is 0. The summed E-state index contributed by atoms with van der Waals surface area (Å²) in [5.74, 6) is 0.421. The summed E-state index contributed by atoms with van der Waals surface area (Å²) in [6.45, 7) is 0. The van der Waals surface area contributed by atoms with Crippen LogP contribution in [0, 0.1) is 10.1 Å². The molecule has 174 valence electrons. The van der Waals surface area contributed by atoms with Crippen molar-refractivity contribution in [2.45, 2.75) is 0 Å². The monoisotopic (exact) mass is 463 g/mol. The van der Waals surface area contributed by atoms with Crippen LogP contribution in [0.1, 0.15) is 26.3 Å². The molecule has 3 aromatic rings. The molecule has 0 spiro atoms. The van der Waals surface area contributed by atoms with Gasteiger partial charge in [0.25, 0.3) is 5.69 Å². The van der Waals surface area contributed by atoms with Crippen LogP contribution in [0.3, 0.4) is 0 Å². The normalized spacial score (nSPS) is 10.6. The first-order valence-corrected chi connectivity index (χ1v) is 9.95. The summed E-state index contributed by atoms with van der Waals surface area (Å²) in [5.41, 5.74) is 1.02. The molecule has 3 aromatic carbocycles. The second-order valence-corrected chi connectivity index (χ2v) is 6.87. The van der Waals surface area contributed by atoms with E-state index in [1.54, 1.807) is 36.4 Å². The van der Waals surface area contributed by atoms with E-state index < -0.39 is 10.9 Å². The van der Waals surface area contributed by atoms with Gasteiger partial charge >= 0.3 is 5.97 Å². The largest absolute Gasteiger partial charge is 0.497 e. The molecule has 0 aromatic heterocycles. The van der Waals surface area contributed by atoms with Crippen molar-refractivity contribution in [3.05, 3.63) is 93.5 Å². The number of esters is 1. The maximum absolute atomic E-state index is 12.6. The summed E-state index contributed by atoms with van der Waals surface area (Å²) in [7, 11) is 4.41. The van der Waals surface area contributed by atoms with Crippen LogP contribution in [0.25, 0.3) is 6.08 Å². The zero-order valence-electron chi connectivity index (χ0n) is 18.6. The predicted molar refractivity (Wildman–Crippen MR) is 124 cm³/mol. The zero-order chi connectivity index (χ0) is 24.7. The number of nitro groups is 1. The average molecular weight is 463 g/mol. The molecule has 0 aliphatic rings. The Bertz CT molecular complexity index is 1250. The number of ketones is 1. The zero-order valence-corrected chi connectivity index (χ0v) is 18.6. The smallest absolute Gasteiger partial charge is 0.343 e. The van der Waals surface area contributed by atoms with Crippen molar-refractivity contribution < 1.29 is 33.5 Å². The summed E-state index contributed by atoms with van der Waals surface area (Å²) < 4.78 is 21.1. The van der Waals surface area contributed by atoms with Crippen molar-refractivity contribution in [1.29, 1.82) is 0 Å². The van der Waals surface area contributed by atoms with Gasteiger partial charge < -0.3 is 18.9 Å². The van der Waals surface area contributed by atoms with Crippen molar-refractivity contribution in [3.63, 3.8) is 0 Å². The summed E-state index contributed by atoms with van der Waals surface area (Å²) in [6.07, 6.45) is 2.98. The first-order chi connectivity index (χ1) is 16.4. The Morgan fingerprint density at radius 2 is 1.53 bits per heavy atom. The lowest BCUT2D eigenvalue weighted by molar-refractivity contribution is -0.384. The third kappa shape index (κ3) is 5.57. The number of rotatable bonds is 9. The van der Waals surface area contributed by atoms with Crippen LogP contribution in [0.5, 0.6) is 23.0 Å². The number of allylic oxidation sites excluding steroid dienone is 1. The van der Waals surface area contributed by atoms with Crippen LogP contribution in [-0.2, 0) is 0 Å². The van der Waals surface area contributed by atoms with E-state index in [0.717, 1.165) is 0 Å². The molecule has 0 saturated heterocycles. The molecule has 9 heteroatoms. The molecule has 0 unspecified atom stereocenters. The molecule has 0 N–H and O–H groups in total. The molecule has 9 nitrogen and oxygen atoms in total. The minimum absolute atomic E-state index is 0.132. The Balaban J connectivity index is 1.75. The molecular weight excluding hydrogens is 442 g/mol. The summed E-state index contributed by atoms with van der Waals surface area (Å²) in [6, 6.07) is 14.7. The van der Waals surface area contributed by atoms with E-state index in [1.165, 1.54) is 57.7 Å². The lowest BCUT2D eigenvalue weighted by atomic mass is 10.1. The number of nitrogens with zero attached hydrogens (tertiary/aromatic N) is 1. The maximum Gasteiger partial charge on any atom is 0.343 e. The van der Waals surface area contributed by atoms with E-state index in [4.69, 9.17) is 18.9 Å². The molecule has 0 aliphatic carbocycles. The van der Waals surface area contributed by atoms with E-state index in [2.05, 4.69) is 0 Å². The molecule has 0 atom stereocenters. The Morgan fingerprint density at radius 3 is 2.15 bits per heavy atom. The molecule has 0 saturated carbocycles. The Morgan fingerprint density at radius 1 is 0.824 bits per heavy atom. The molecule has 0 heterocycles. The predicted octanol–water partition coefficient (Wildman–Crippen LogP) is 4.74. The molecular formula is C25H21NO8. The fourth-order valence-electron chi connectivity index (χ4n) is 3.01. The molecule has 3 rings (SSSR count). The highest BCUT2D eigenvalue weighted by Gasteiger charge is 2.15. The minimum atomic E-state index is -0.696. The highest BCUT2D eigenvalue weighted by molar-refractivity contribution is 6.08. The van der Waals surface area contributed by atoms with Gasteiger partial charge in [0.2, 0.25) is 0 Å². The highest BCUT2D eigenvalue weighted by atomic mass is 16.6. The quantitative estimate of drug-likeness (QED) is 0.112. The summed E-state index contributed by atoms with van der Waals surface area (Å²) >= 11 is 0. The Kier molecular flexibility index (Phi) is 7.60. The molecule has 0 radical (unpaired) electrons. The van der Waals surface area contributed by atoms with E-state index in [9.17, 15) is 19.7 Å². The van der Waals surface area contributed by atoms with Gasteiger partial charge in [-0.2, -0.15) is 0 Å². The number of carbonyl (C=O) groups is 2. The average Bonchev–Trinajstić information content (AvgIpc) is 2.87. The summed E-state index contributed by atoms with van der Waals surface area (Å²) in [5, 5.41) is 10.8. The van der Waals surface area contributed by atoms with Crippen molar-refractivity contribution in [2.75, 3.05) is 21.3 Å². The lowest BCUT2D eigenvalue weighted by Crippen LogP contribution is -2.09. The number of carbonyl (C=O) groups excluding carboxylic acids is 2. The number of methoxy groups -OCH3 is 3. The number of nitro benzene ring substituents is 1. The van der Waals surface area contributed by atoms with Crippen LogP contribution in [0.4, 0.5) is 5.69 Å². The second kappa shape index (κ2) is 10.8. The first-order valence-electron chi connectivity index (χ1n) is 9.95. The Labute approximate surface area is 195 Å². The maximum atomic E-state index is 12.6. The SMILES string of the molecule is COc1ccc(C(=O)/C=C/c2ccc(OC(=O)c3ccc([N+](=O)[O-])cc3)c(OC)c2)c(OC)c1. The minimum Gasteiger partial charge on any atom is -0.497 e. The van der Waals surface area contributed by atoms with Gasteiger partial charge in [0.15, 0.2) is 17.3 Å². The topological polar surface area (TPSA) is 114 Å². The van der Waals surface area contributed by atoms with E-state index in [0.29, 0.717) is 22.6 Å². The van der Waals surface area contributed by atoms with E-state index in [-0.39, 0.29) is 28.5 Å². The molecule has 0 aliphatic heterocycles. The third-order valence-corrected chi connectivity index (χ3v) is 4.81. The second-order valence-electron chi connectivity index (χ2n) is 6.87. The molecule has 0 fully saturated rings. The fourth-order valence-corrected chi connectivity index (χ4v) is 3.01. The van der Waals surface area contributed by atoms with Crippen LogP contribution in [-0.4, -0.2) is 38.0 Å². The van der Waals surface area contributed by atoms with Gasteiger partial charge in [-0.3, -0.25) is 14.9 Å². The summed E-state index contributed by atoms with van der Waals surface area (Å²) in [4.78, 5) is 35.2. The van der Waals surface area contributed by atoms with Gasteiger partial charge in [-0.05, 0) is 48.0 Å². The third-order valence-electron chi connectivity index (χ3n) is 4.81. The lowest BCUT2D eigenvalue weighted by Gasteiger charge is -2.10. The highest BCUT2D eigenvalue weighted by Crippen LogP contribution is 2.30. The number of ether oxygens (including phenoxy) is 4.